The largest absolute Gasteiger partial charge is 0.469 e. The standard InChI is InChI=1S/C11H20.C4H8O2/c1-6-11(4,5)9-7-8-10(2)3;1-3-4(5)6-2/h6,8H,1,7,9H2,2-5H3;3H2,1-2H3. The summed E-state index contributed by atoms with van der Waals surface area (Å²) in [7, 11) is 1.38. The second kappa shape index (κ2) is 10.1. The second-order valence-corrected chi connectivity index (χ2v) is 4.94. The summed E-state index contributed by atoms with van der Waals surface area (Å²) in [5.41, 5.74) is 1.70. The van der Waals surface area contributed by atoms with E-state index in [1.165, 1.54) is 25.5 Å². The molecule has 0 aromatic heterocycles. The molecule has 0 saturated heterocycles. The number of ether oxygens (including phenoxy) is 1. The summed E-state index contributed by atoms with van der Waals surface area (Å²) in [6.07, 6.45) is 7.15. The highest BCUT2D eigenvalue weighted by molar-refractivity contribution is 5.68. The molecule has 0 amide bonds. The van der Waals surface area contributed by atoms with E-state index < -0.39 is 0 Å². The van der Waals surface area contributed by atoms with Gasteiger partial charge in [0.25, 0.3) is 0 Å². The first-order valence-corrected chi connectivity index (χ1v) is 6.12. The lowest BCUT2D eigenvalue weighted by Crippen LogP contribution is -2.05. The van der Waals surface area contributed by atoms with E-state index in [1.807, 2.05) is 6.08 Å². The quantitative estimate of drug-likeness (QED) is 0.522. The van der Waals surface area contributed by atoms with Gasteiger partial charge in [0.15, 0.2) is 0 Å². The number of hydrogen-bond donors (Lipinski definition) is 0. The molecule has 0 radical (unpaired) electrons. The smallest absolute Gasteiger partial charge is 0.305 e. The Balaban J connectivity index is 0. The lowest BCUT2D eigenvalue weighted by molar-refractivity contribution is -0.140. The Labute approximate surface area is 107 Å². The van der Waals surface area contributed by atoms with Crippen LogP contribution in [0, 0.1) is 5.41 Å². The van der Waals surface area contributed by atoms with Crippen LogP contribution in [0.2, 0.25) is 0 Å². The zero-order chi connectivity index (χ0) is 13.9. The molecule has 0 aliphatic rings. The Morgan fingerprint density at radius 3 is 2.12 bits per heavy atom. The summed E-state index contributed by atoms with van der Waals surface area (Å²) >= 11 is 0. The Morgan fingerprint density at radius 2 is 1.88 bits per heavy atom. The van der Waals surface area contributed by atoms with Crippen molar-refractivity contribution in [3.63, 3.8) is 0 Å². The van der Waals surface area contributed by atoms with Crippen LogP contribution in [0.3, 0.4) is 0 Å². The van der Waals surface area contributed by atoms with Crippen LogP contribution in [0.5, 0.6) is 0 Å². The van der Waals surface area contributed by atoms with Crippen molar-refractivity contribution < 1.29 is 9.53 Å². The second-order valence-electron chi connectivity index (χ2n) is 4.94. The van der Waals surface area contributed by atoms with E-state index in [4.69, 9.17) is 0 Å². The molecule has 0 unspecified atom stereocenters. The van der Waals surface area contributed by atoms with Crippen molar-refractivity contribution in [3.8, 4) is 0 Å². The van der Waals surface area contributed by atoms with Gasteiger partial charge >= 0.3 is 5.97 Å². The van der Waals surface area contributed by atoms with Crippen molar-refractivity contribution in [1.82, 2.24) is 0 Å². The van der Waals surface area contributed by atoms with Crippen LogP contribution in [-0.4, -0.2) is 13.1 Å². The molecule has 0 bridgehead atoms. The number of rotatable bonds is 5. The first-order chi connectivity index (χ1) is 7.79. The molecule has 0 spiro atoms. The molecular weight excluding hydrogens is 212 g/mol. The number of hydrogen-bond acceptors (Lipinski definition) is 2. The third kappa shape index (κ3) is 14.9. The summed E-state index contributed by atoms with van der Waals surface area (Å²) in [5, 5.41) is 0. The van der Waals surface area contributed by atoms with Gasteiger partial charge in [0.2, 0.25) is 0 Å². The van der Waals surface area contributed by atoms with E-state index in [1.54, 1.807) is 6.92 Å². The molecule has 2 nitrogen and oxygen atoms in total. The number of allylic oxidation sites excluding steroid dienone is 3. The fourth-order valence-electron chi connectivity index (χ4n) is 0.979. The van der Waals surface area contributed by atoms with E-state index in [9.17, 15) is 4.79 Å². The van der Waals surface area contributed by atoms with Gasteiger partial charge in [-0.1, -0.05) is 38.5 Å². The molecule has 17 heavy (non-hydrogen) atoms. The van der Waals surface area contributed by atoms with Crippen LogP contribution in [0.15, 0.2) is 24.3 Å². The molecule has 0 aromatic rings. The maximum atomic E-state index is 9.96. The lowest BCUT2D eigenvalue weighted by atomic mass is 9.88. The lowest BCUT2D eigenvalue weighted by Gasteiger charge is -2.17. The Hall–Kier alpha value is -1.05. The number of carbonyl (C=O) groups is 1. The van der Waals surface area contributed by atoms with E-state index in [0.29, 0.717) is 11.8 Å². The van der Waals surface area contributed by atoms with Gasteiger partial charge in [-0.05, 0) is 32.1 Å². The maximum Gasteiger partial charge on any atom is 0.305 e. The normalized spacial score (nSPS) is 9.76. The summed E-state index contributed by atoms with van der Waals surface area (Å²) < 4.78 is 4.26. The van der Waals surface area contributed by atoms with Crippen LogP contribution < -0.4 is 0 Å². The van der Waals surface area contributed by atoms with Crippen LogP contribution in [0.25, 0.3) is 0 Å². The molecule has 0 fully saturated rings. The fourth-order valence-corrected chi connectivity index (χ4v) is 0.979. The highest BCUT2D eigenvalue weighted by Crippen LogP contribution is 2.23. The van der Waals surface area contributed by atoms with Gasteiger partial charge in [0, 0.05) is 6.42 Å². The van der Waals surface area contributed by atoms with Crippen LogP contribution >= 0.6 is 0 Å². The SMILES string of the molecule is C=CC(C)(C)CCC=C(C)C.CCC(=O)OC. The van der Waals surface area contributed by atoms with Gasteiger partial charge in [0.1, 0.15) is 0 Å². The third-order valence-electron chi connectivity index (χ3n) is 2.41. The monoisotopic (exact) mass is 240 g/mol. The van der Waals surface area contributed by atoms with Crippen molar-refractivity contribution in [3.05, 3.63) is 24.3 Å². The molecule has 0 rings (SSSR count). The predicted molar refractivity (Wildman–Crippen MR) is 75.0 cm³/mol. The Bertz CT molecular complexity index is 240. The number of esters is 1. The Morgan fingerprint density at radius 1 is 1.35 bits per heavy atom. The van der Waals surface area contributed by atoms with Gasteiger partial charge in [-0.2, -0.15) is 0 Å². The van der Waals surface area contributed by atoms with Gasteiger partial charge in [-0.15, -0.1) is 6.58 Å². The molecule has 0 aliphatic heterocycles. The van der Waals surface area contributed by atoms with Crippen molar-refractivity contribution in [1.29, 1.82) is 0 Å². The van der Waals surface area contributed by atoms with E-state index in [0.717, 1.165) is 0 Å². The number of carbonyl (C=O) groups excluding carboxylic acids is 1. The summed E-state index contributed by atoms with van der Waals surface area (Å²) in [6.45, 7) is 14.3. The van der Waals surface area contributed by atoms with Crippen LogP contribution in [-0.2, 0) is 9.53 Å². The zero-order valence-electron chi connectivity index (χ0n) is 12.3. The topological polar surface area (TPSA) is 26.3 Å². The molecule has 0 aliphatic carbocycles. The highest BCUT2D eigenvalue weighted by atomic mass is 16.5. The molecule has 100 valence electrons. The van der Waals surface area contributed by atoms with Gasteiger partial charge in [-0.3, -0.25) is 4.79 Å². The fraction of sp³-hybridized carbons (Fsp3) is 0.667. The van der Waals surface area contributed by atoms with Gasteiger partial charge in [-0.25, -0.2) is 0 Å². The zero-order valence-corrected chi connectivity index (χ0v) is 12.3. The van der Waals surface area contributed by atoms with E-state index >= 15 is 0 Å². The molecule has 0 atom stereocenters. The molecule has 0 N–H and O–H groups in total. The molecule has 2 heteroatoms. The summed E-state index contributed by atoms with van der Waals surface area (Å²) in [5.74, 6) is -0.157. The van der Waals surface area contributed by atoms with Gasteiger partial charge in [0.05, 0.1) is 7.11 Å². The first-order valence-electron chi connectivity index (χ1n) is 6.12. The van der Waals surface area contributed by atoms with Crippen molar-refractivity contribution in [2.75, 3.05) is 7.11 Å². The summed E-state index contributed by atoms with van der Waals surface area (Å²) in [6, 6.07) is 0. The first kappa shape index (κ1) is 18.3. The van der Waals surface area contributed by atoms with Crippen molar-refractivity contribution in [2.45, 2.75) is 53.9 Å². The minimum Gasteiger partial charge on any atom is -0.469 e. The molecule has 0 heterocycles. The minimum absolute atomic E-state index is 0.157. The highest BCUT2D eigenvalue weighted by Gasteiger charge is 2.10. The van der Waals surface area contributed by atoms with Crippen LogP contribution in [0.1, 0.15) is 53.9 Å². The average molecular weight is 240 g/mol. The van der Waals surface area contributed by atoms with Crippen molar-refractivity contribution in [2.24, 2.45) is 5.41 Å². The van der Waals surface area contributed by atoms with Gasteiger partial charge < -0.3 is 4.74 Å². The molecule has 0 saturated carbocycles. The minimum atomic E-state index is -0.157. The van der Waals surface area contributed by atoms with Crippen molar-refractivity contribution >= 4 is 5.97 Å². The van der Waals surface area contributed by atoms with E-state index in [2.05, 4.69) is 45.1 Å². The summed E-state index contributed by atoms with van der Waals surface area (Å²) in [4.78, 5) is 9.96. The Kier molecular flexibility index (Phi) is 10.9. The average Bonchev–Trinajstić information content (AvgIpc) is 2.28. The molecular formula is C15H28O2. The number of methoxy groups -OCH3 is 1. The van der Waals surface area contributed by atoms with Crippen LogP contribution in [0.4, 0.5) is 0 Å². The van der Waals surface area contributed by atoms with E-state index in [-0.39, 0.29) is 5.97 Å². The molecule has 0 aromatic carbocycles. The maximum absolute atomic E-state index is 9.96. The third-order valence-corrected chi connectivity index (χ3v) is 2.41. The predicted octanol–water partition coefficient (Wildman–Crippen LogP) is 4.51.